The van der Waals surface area contributed by atoms with Gasteiger partial charge in [0, 0.05) is 18.0 Å². The van der Waals surface area contributed by atoms with Crippen molar-refractivity contribution in [2.24, 2.45) is 0 Å². The van der Waals surface area contributed by atoms with E-state index in [1.807, 2.05) is 6.92 Å². The molecule has 1 unspecified atom stereocenters. The Balaban J connectivity index is 2.81. The molecule has 1 aromatic rings. The molecule has 0 spiro atoms. The number of rotatable bonds is 5. The van der Waals surface area contributed by atoms with E-state index < -0.39 is 11.6 Å². The lowest BCUT2D eigenvalue weighted by Gasteiger charge is -2.15. The molecule has 86 valence electrons. The Labute approximate surface area is 94.9 Å². The SMILES string of the molecule is C#CCC(Cc1c(F)cccc1F)NCC. The van der Waals surface area contributed by atoms with Crippen LogP contribution in [0.25, 0.3) is 0 Å². The van der Waals surface area contributed by atoms with E-state index in [0.29, 0.717) is 6.42 Å². The molecule has 1 N–H and O–H groups in total. The predicted octanol–water partition coefficient (Wildman–Crippen LogP) is 2.51. The Kier molecular flexibility index (Phi) is 4.94. The molecule has 0 aliphatic heterocycles. The van der Waals surface area contributed by atoms with Gasteiger partial charge in [0.2, 0.25) is 0 Å². The van der Waals surface area contributed by atoms with Gasteiger partial charge in [0.1, 0.15) is 11.6 Å². The smallest absolute Gasteiger partial charge is 0.129 e. The standard InChI is InChI=1S/C13H15F2N/c1-3-6-10(16-4-2)9-11-12(14)7-5-8-13(11)15/h1,5,7-8,10,16H,4,6,9H2,2H3. The van der Waals surface area contributed by atoms with Gasteiger partial charge in [-0.2, -0.15) is 0 Å². The molecular weight excluding hydrogens is 208 g/mol. The van der Waals surface area contributed by atoms with Gasteiger partial charge in [0.25, 0.3) is 0 Å². The summed E-state index contributed by atoms with van der Waals surface area (Å²) in [5.41, 5.74) is 0.101. The molecule has 3 heteroatoms. The van der Waals surface area contributed by atoms with Crippen molar-refractivity contribution in [3.05, 3.63) is 35.4 Å². The zero-order chi connectivity index (χ0) is 12.0. The number of likely N-dealkylation sites (N-methyl/N-ethyl adjacent to an activating group) is 1. The van der Waals surface area contributed by atoms with Crippen LogP contribution in [0.15, 0.2) is 18.2 Å². The summed E-state index contributed by atoms with van der Waals surface area (Å²) in [7, 11) is 0. The molecule has 0 aliphatic carbocycles. The van der Waals surface area contributed by atoms with Gasteiger partial charge in [-0.15, -0.1) is 12.3 Å². The number of benzene rings is 1. The van der Waals surface area contributed by atoms with Gasteiger partial charge in [-0.1, -0.05) is 13.0 Å². The van der Waals surface area contributed by atoms with Crippen LogP contribution >= 0.6 is 0 Å². The van der Waals surface area contributed by atoms with Crippen LogP contribution in [0, 0.1) is 24.0 Å². The maximum Gasteiger partial charge on any atom is 0.129 e. The van der Waals surface area contributed by atoms with Crippen LogP contribution in [-0.4, -0.2) is 12.6 Å². The fraction of sp³-hybridized carbons (Fsp3) is 0.385. The molecule has 0 saturated carbocycles. The van der Waals surface area contributed by atoms with Gasteiger partial charge >= 0.3 is 0 Å². The van der Waals surface area contributed by atoms with Crippen LogP contribution in [0.2, 0.25) is 0 Å². The van der Waals surface area contributed by atoms with Gasteiger partial charge in [-0.25, -0.2) is 8.78 Å². The third-order valence-electron chi connectivity index (χ3n) is 2.37. The van der Waals surface area contributed by atoms with Crippen LogP contribution in [0.4, 0.5) is 8.78 Å². The van der Waals surface area contributed by atoms with Crippen molar-refractivity contribution in [1.82, 2.24) is 5.32 Å². The van der Waals surface area contributed by atoms with Crippen molar-refractivity contribution in [3.8, 4) is 12.3 Å². The number of hydrogen-bond acceptors (Lipinski definition) is 1. The number of nitrogens with one attached hydrogen (secondary N) is 1. The van der Waals surface area contributed by atoms with Crippen LogP contribution in [0.5, 0.6) is 0 Å². The Hall–Kier alpha value is -1.40. The Bertz CT molecular complexity index is 362. The highest BCUT2D eigenvalue weighted by Gasteiger charge is 2.14. The summed E-state index contributed by atoms with van der Waals surface area (Å²) in [4.78, 5) is 0. The first kappa shape index (κ1) is 12.7. The van der Waals surface area contributed by atoms with Crippen molar-refractivity contribution in [1.29, 1.82) is 0 Å². The van der Waals surface area contributed by atoms with Gasteiger partial charge < -0.3 is 5.32 Å². The van der Waals surface area contributed by atoms with Crippen molar-refractivity contribution >= 4 is 0 Å². The first-order valence-corrected chi connectivity index (χ1v) is 5.28. The maximum atomic E-state index is 13.4. The second kappa shape index (κ2) is 6.24. The quantitative estimate of drug-likeness (QED) is 0.756. The van der Waals surface area contributed by atoms with E-state index in [-0.39, 0.29) is 18.0 Å². The van der Waals surface area contributed by atoms with Gasteiger partial charge in [0.15, 0.2) is 0 Å². The number of halogens is 2. The summed E-state index contributed by atoms with van der Waals surface area (Å²) in [6.07, 6.45) is 5.95. The highest BCUT2D eigenvalue weighted by molar-refractivity contribution is 5.21. The second-order valence-corrected chi connectivity index (χ2v) is 3.57. The fourth-order valence-corrected chi connectivity index (χ4v) is 1.62. The number of terminal acetylenes is 1. The van der Waals surface area contributed by atoms with Gasteiger partial charge in [-0.05, 0) is 25.1 Å². The summed E-state index contributed by atoms with van der Waals surface area (Å²) < 4.78 is 26.7. The Morgan fingerprint density at radius 1 is 1.38 bits per heavy atom. The predicted molar refractivity (Wildman–Crippen MR) is 61.0 cm³/mol. The molecule has 0 aromatic heterocycles. The minimum atomic E-state index is -0.514. The van der Waals surface area contributed by atoms with Gasteiger partial charge in [0.05, 0.1) is 0 Å². The van der Waals surface area contributed by atoms with E-state index >= 15 is 0 Å². The second-order valence-electron chi connectivity index (χ2n) is 3.57. The first-order valence-electron chi connectivity index (χ1n) is 5.28. The minimum absolute atomic E-state index is 0.0820. The molecule has 1 aromatic carbocycles. The van der Waals surface area contributed by atoms with E-state index in [4.69, 9.17) is 6.42 Å². The van der Waals surface area contributed by atoms with Crippen LogP contribution in [0.1, 0.15) is 18.9 Å². The molecule has 0 aliphatic rings. The van der Waals surface area contributed by atoms with Crippen LogP contribution in [-0.2, 0) is 6.42 Å². The van der Waals surface area contributed by atoms with E-state index in [0.717, 1.165) is 6.54 Å². The fourth-order valence-electron chi connectivity index (χ4n) is 1.62. The van der Waals surface area contributed by atoms with E-state index in [2.05, 4.69) is 11.2 Å². The first-order chi connectivity index (χ1) is 7.69. The zero-order valence-electron chi connectivity index (χ0n) is 9.26. The third-order valence-corrected chi connectivity index (χ3v) is 2.37. The van der Waals surface area contributed by atoms with Crippen molar-refractivity contribution in [2.75, 3.05) is 6.54 Å². The molecule has 1 rings (SSSR count). The average Bonchev–Trinajstić information content (AvgIpc) is 2.24. The highest BCUT2D eigenvalue weighted by atomic mass is 19.1. The molecule has 16 heavy (non-hydrogen) atoms. The van der Waals surface area contributed by atoms with Gasteiger partial charge in [-0.3, -0.25) is 0 Å². The van der Waals surface area contributed by atoms with Crippen molar-refractivity contribution in [2.45, 2.75) is 25.8 Å². The van der Waals surface area contributed by atoms with Crippen molar-refractivity contribution < 1.29 is 8.78 Å². The molecule has 0 fully saturated rings. The third kappa shape index (κ3) is 3.32. The molecule has 0 amide bonds. The molecule has 0 saturated heterocycles. The summed E-state index contributed by atoms with van der Waals surface area (Å²) in [6.45, 7) is 2.66. The van der Waals surface area contributed by atoms with E-state index in [1.165, 1.54) is 18.2 Å². The zero-order valence-corrected chi connectivity index (χ0v) is 9.26. The molecule has 0 bridgehead atoms. The Morgan fingerprint density at radius 3 is 2.50 bits per heavy atom. The summed E-state index contributed by atoms with van der Waals surface area (Å²) in [5.74, 6) is 1.48. The lowest BCUT2D eigenvalue weighted by molar-refractivity contribution is 0.492. The summed E-state index contributed by atoms with van der Waals surface area (Å²) in [6, 6.07) is 3.80. The molecule has 0 heterocycles. The highest BCUT2D eigenvalue weighted by Crippen LogP contribution is 2.15. The van der Waals surface area contributed by atoms with E-state index in [1.54, 1.807) is 0 Å². The lowest BCUT2D eigenvalue weighted by Crippen LogP contribution is -2.31. The summed E-state index contributed by atoms with van der Waals surface area (Å²) in [5, 5.41) is 3.11. The van der Waals surface area contributed by atoms with E-state index in [9.17, 15) is 8.78 Å². The monoisotopic (exact) mass is 223 g/mol. The van der Waals surface area contributed by atoms with Crippen LogP contribution in [0.3, 0.4) is 0 Å². The Morgan fingerprint density at radius 2 is 2.00 bits per heavy atom. The van der Waals surface area contributed by atoms with Crippen molar-refractivity contribution in [3.63, 3.8) is 0 Å². The van der Waals surface area contributed by atoms with Crippen LogP contribution < -0.4 is 5.32 Å². The topological polar surface area (TPSA) is 12.0 Å². The average molecular weight is 223 g/mol. The molecule has 1 nitrogen and oxygen atoms in total. The lowest BCUT2D eigenvalue weighted by atomic mass is 10.0. The molecule has 0 radical (unpaired) electrons. The summed E-state index contributed by atoms with van der Waals surface area (Å²) >= 11 is 0. The normalized spacial score (nSPS) is 12.1. The largest absolute Gasteiger partial charge is 0.313 e. The number of hydrogen-bond donors (Lipinski definition) is 1. The molecule has 1 atom stereocenters. The molecular formula is C13H15F2N. The minimum Gasteiger partial charge on any atom is -0.313 e. The maximum absolute atomic E-state index is 13.4.